The molecule has 0 aromatic heterocycles. The number of nitrogens with zero attached hydrogens (tertiary/aromatic N) is 2. The minimum atomic E-state index is -0.253. The van der Waals surface area contributed by atoms with Crippen LogP contribution in [0.3, 0.4) is 0 Å². The van der Waals surface area contributed by atoms with Gasteiger partial charge in [0.1, 0.15) is 11.2 Å². The van der Waals surface area contributed by atoms with Crippen LogP contribution in [0.2, 0.25) is 0 Å². The molecule has 1 aliphatic rings. The van der Waals surface area contributed by atoms with Crippen LogP contribution in [-0.2, 0) is 16.1 Å². The van der Waals surface area contributed by atoms with Gasteiger partial charge in [0, 0.05) is 39.1 Å². The number of carbonyl (C=O) groups is 1. The molecule has 1 amide bonds. The van der Waals surface area contributed by atoms with E-state index in [1.807, 2.05) is 17.0 Å². The average molecular weight is 417 g/mol. The van der Waals surface area contributed by atoms with E-state index < -0.39 is 0 Å². The Balaban J connectivity index is 1.69. The number of thioether (sulfide) groups is 1. The van der Waals surface area contributed by atoms with Crippen LogP contribution in [-0.4, -0.2) is 54.8 Å². The standard InChI is InChI=1S/C23H29FN2O2S/c1-18-6-3-4-7-20(18)16-25(12-5-14-28-2)17-22(27)26-13-15-29-23(26)19-8-10-21(24)11-9-19/h3-4,6-11,23H,5,12-17H2,1-2H3/t23-/m0/s1. The lowest BCUT2D eigenvalue weighted by Gasteiger charge is -2.28. The molecule has 0 N–H and O–H groups in total. The first-order valence-corrected chi connectivity index (χ1v) is 11.1. The molecule has 0 bridgehead atoms. The van der Waals surface area contributed by atoms with Crippen molar-refractivity contribution in [1.82, 2.24) is 9.80 Å². The Kier molecular flexibility index (Phi) is 8.09. The van der Waals surface area contributed by atoms with Crippen molar-refractivity contribution in [1.29, 1.82) is 0 Å². The maximum atomic E-state index is 13.3. The number of rotatable bonds is 9. The molecule has 6 heteroatoms. The van der Waals surface area contributed by atoms with E-state index in [4.69, 9.17) is 4.74 Å². The predicted molar refractivity (Wildman–Crippen MR) is 116 cm³/mol. The summed E-state index contributed by atoms with van der Waals surface area (Å²) in [6.45, 7) is 5.42. The zero-order valence-electron chi connectivity index (χ0n) is 17.1. The molecule has 0 unspecified atom stereocenters. The lowest BCUT2D eigenvalue weighted by Crippen LogP contribution is -2.40. The van der Waals surface area contributed by atoms with Crippen molar-refractivity contribution < 1.29 is 13.9 Å². The van der Waals surface area contributed by atoms with Gasteiger partial charge in [0.25, 0.3) is 0 Å². The summed E-state index contributed by atoms with van der Waals surface area (Å²) in [5.41, 5.74) is 3.45. The second kappa shape index (κ2) is 10.8. The predicted octanol–water partition coefficient (Wildman–Crippen LogP) is 4.25. The summed E-state index contributed by atoms with van der Waals surface area (Å²) in [6, 6.07) is 14.8. The number of hydrogen-bond acceptors (Lipinski definition) is 4. The van der Waals surface area contributed by atoms with Gasteiger partial charge in [-0.3, -0.25) is 9.69 Å². The molecule has 0 radical (unpaired) electrons. The molecule has 2 aromatic rings. The normalized spacial score (nSPS) is 16.6. The number of ether oxygens (including phenoxy) is 1. The third-order valence-electron chi connectivity index (χ3n) is 5.20. The monoisotopic (exact) mass is 416 g/mol. The van der Waals surface area contributed by atoms with Crippen LogP contribution >= 0.6 is 11.8 Å². The maximum absolute atomic E-state index is 13.3. The van der Waals surface area contributed by atoms with E-state index in [1.54, 1.807) is 31.0 Å². The zero-order chi connectivity index (χ0) is 20.6. The van der Waals surface area contributed by atoms with Crippen molar-refractivity contribution in [3.8, 4) is 0 Å². The SMILES string of the molecule is COCCCN(CC(=O)N1CCS[C@H]1c1ccc(F)cc1)Cc1ccccc1C. The smallest absolute Gasteiger partial charge is 0.237 e. The summed E-state index contributed by atoms with van der Waals surface area (Å²) in [4.78, 5) is 17.3. The molecule has 1 heterocycles. The van der Waals surface area contributed by atoms with Gasteiger partial charge in [0.2, 0.25) is 5.91 Å². The van der Waals surface area contributed by atoms with Crippen LogP contribution in [0.25, 0.3) is 0 Å². The lowest BCUT2D eigenvalue weighted by atomic mass is 10.1. The van der Waals surface area contributed by atoms with Gasteiger partial charge in [-0.1, -0.05) is 36.4 Å². The second-order valence-electron chi connectivity index (χ2n) is 7.35. The molecule has 29 heavy (non-hydrogen) atoms. The molecule has 156 valence electrons. The van der Waals surface area contributed by atoms with Crippen molar-refractivity contribution in [3.63, 3.8) is 0 Å². The molecule has 1 atom stereocenters. The largest absolute Gasteiger partial charge is 0.385 e. The molecule has 3 rings (SSSR count). The molecule has 1 aliphatic heterocycles. The number of methoxy groups -OCH3 is 1. The molecular formula is C23H29FN2O2S. The first-order valence-electron chi connectivity index (χ1n) is 10.0. The Hall–Kier alpha value is -1.89. The van der Waals surface area contributed by atoms with E-state index in [-0.39, 0.29) is 17.1 Å². The summed E-state index contributed by atoms with van der Waals surface area (Å²) >= 11 is 1.74. The van der Waals surface area contributed by atoms with Gasteiger partial charge < -0.3 is 9.64 Å². The molecule has 1 fully saturated rings. The Labute approximate surface area is 177 Å². The highest BCUT2D eigenvalue weighted by atomic mass is 32.2. The average Bonchev–Trinajstić information content (AvgIpc) is 3.20. The molecule has 1 saturated heterocycles. The molecule has 0 spiro atoms. The molecular weight excluding hydrogens is 387 g/mol. The van der Waals surface area contributed by atoms with Crippen molar-refractivity contribution >= 4 is 17.7 Å². The van der Waals surface area contributed by atoms with E-state index in [1.165, 1.54) is 23.3 Å². The number of amides is 1. The number of benzene rings is 2. The minimum Gasteiger partial charge on any atom is -0.385 e. The quantitative estimate of drug-likeness (QED) is 0.572. The van der Waals surface area contributed by atoms with Crippen LogP contribution in [0.15, 0.2) is 48.5 Å². The highest BCUT2D eigenvalue weighted by molar-refractivity contribution is 7.99. The highest BCUT2D eigenvalue weighted by Gasteiger charge is 2.31. The van der Waals surface area contributed by atoms with Crippen LogP contribution in [0, 0.1) is 12.7 Å². The summed E-state index contributed by atoms with van der Waals surface area (Å²) in [7, 11) is 1.70. The number of aryl methyl sites for hydroxylation is 1. The summed E-state index contributed by atoms with van der Waals surface area (Å²) in [5.74, 6) is 0.766. The molecule has 4 nitrogen and oxygen atoms in total. The van der Waals surface area contributed by atoms with Gasteiger partial charge in [0.05, 0.1) is 6.54 Å². The van der Waals surface area contributed by atoms with Gasteiger partial charge in [-0.2, -0.15) is 0 Å². The molecule has 0 saturated carbocycles. The fourth-order valence-corrected chi connectivity index (χ4v) is 4.86. The van der Waals surface area contributed by atoms with Gasteiger partial charge in [-0.25, -0.2) is 4.39 Å². The fraction of sp³-hybridized carbons (Fsp3) is 0.435. The minimum absolute atomic E-state index is 0.0395. The van der Waals surface area contributed by atoms with E-state index in [2.05, 4.69) is 24.0 Å². The second-order valence-corrected chi connectivity index (χ2v) is 8.53. The maximum Gasteiger partial charge on any atom is 0.237 e. The third kappa shape index (κ3) is 6.04. The zero-order valence-corrected chi connectivity index (χ0v) is 18.0. The Morgan fingerprint density at radius 3 is 2.72 bits per heavy atom. The van der Waals surface area contributed by atoms with Gasteiger partial charge in [0.15, 0.2) is 0 Å². The fourth-order valence-electron chi connectivity index (χ4n) is 3.59. The van der Waals surface area contributed by atoms with Crippen LogP contribution in [0.4, 0.5) is 4.39 Å². The van der Waals surface area contributed by atoms with Crippen LogP contribution in [0.1, 0.15) is 28.5 Å². The number of hydrogen-bond donors (Lipinski definition) is 0. The highest BCUT2D eigenvalue weighted by Crippen LogP contribution is 2.38. The Morgan fingerprint density at radius 2 is 2.00 bits per heavy atom. The van der Waals surface area contributed by atoms with Crippen molar-refractivity contribution in [3.05, 3.63) is 71.0 Å². The Bertz CT molecular complexity index is 800. The van der Waals surface area contributed by atoms with Crippen LogP contribution < -0.4 is 0 Å². The summed E-state index contributed by atoms with van der Waals surface area (Å²) in [5, 5.41) is -0.0395. The topological polar surface area (TPSA) is 32.8 Å². The van der Waals surface area contributed by atoms with Crippen molar-refractivity contribution in [2.24, 2.45) is 0 Å². The summed E-state index contributed by atoms with van der Waals surface area (Å²) in [6.07, 6.45) is 0.881. The van der Waals surface area contributed by atoms with Crippen LogP contribution in [0.5, 0.6) is 0 Å². The van der Waals surface area contributed by atoms with E-state index in [9.17, 15) is 9.18 Å². The van der Waals surface area contributed by atoms with E-state index in [0.29, 0.717) is 13.2 Å². The first-order chi connectivity index (χ1) is 14.1. The summed E-state index contributed by atoms with van der Waals surface area (Å²) < 4.78 is 18.5. The van der Waals surface area contributed by atoms with Crippen molar-refractivity contribution in [2.75, 3.05) is 39.1 Å². The number of carbonyl (C=O) groups excluding carboxylic acids is 1. The van der Waals surface area contributed by atoms with Gasteiger partial charge >= 0.3 is 0 Å². The molecule has 2 aromatic carbocycles. The number of halogens is 1. The van der Waals surface area contributed by atoms with Gasteiger partial charge in [-0.15, -0.1) is 11.8 Å². The Morgan fingerprint density at radius 1 is 1.24 bits per heavy atom. The van der Waals surface area contributed by atoms with E-state index in [0.717, 1.165) is 37.4 Å². The van der Waals surface area contributed by atoms with Crippen molar-refractivity contribution in [2.45, 2.75) is 25.3 Å². The third-order valence-corrected chi connectivity index (χ3v) is 6.46. The lowest BCUT2D eigenvalue weighted by molar-refractivity contribution is -0.132. The van der Waals surface area contributed by atoms with Gasteiger partial charge in [-0.05, 0) is 42.2 Å². The van der Waals surface area contributed by atoms with E-state index >= 15 is 0 Å². The molecule has 0 aliphatic carbocycles. The first kappa shape index (κ1) is 21.8.